The highest BCUT2D eigenvalue weighted by molar-refractivity contribution is 9.11. The molecule has 613 valence electrons. The topological polar surface area (TPSA) is 104 Å². The van der Waals surface area contributed by atoms with Gasteiger partial charge in [-0.2, -0.15) is 0 Å². The molecular weight excluding hydrogens is 1820 g/mol. The van der Waals surface area contributed by atoms with Crippen molar-refractivity contribution >= 4 is 224 Å². The van der Waals surface area contributed by atoms with E-state index < -0.39 is 7.12 Å². The maximum Gasteiger partial charge on any atom is 0.494 e. The molecule has 10 nitrogen and oxygen atoms in total. The van der Waals surface area contributed by atoms with Crippen LogP contribution in [0.25, 0.3) is 78.1 Å². The van der Waals surface area contributed by atoms with Crippen molar-refractivity contribution in [1.82, 2.24) is 4.57 Å². The summed E-state index contributed by atoms with van der Waals surface area (Å²) in [5.74, 6) is 0. The van der Waals surface area contributed by atoms with Crippen molar-refractivity contribution in [2.75, 3.05) is 4.90 Å². The van der Waals surface area contributed by atoms with Gasteiger partial charge < -0.3 is 47.4 Å². The highest BCUT2D eigenvalue weighted by Crippen LogP contribution is 2.99. The molecule has 120 heavy (non-hydrogen) atoms. The first-order valence-electron chi connectivity index (χ1n) is 39.4. The lowest BCUT2D eigenvalue weighted by Gasteiger charge is -2.32. The third kappa shape index (κ3) is 23.3. The van der Waals surface area contributed by atoms with E-state index in [1.807, 2.05) is 0 Å². The van der Waals surface area contributed by atoms with E-state index in [1.165, 1.54) is 66.4 Å². The number of para-hydroxylation sites is 2. The standard InChI is InChI=1S/C30H28BNO2.C30H29BO2.C24H24BBr2NO2.C8H9BO2.BH13P11/c1-29(2)30(3,4)34-31(33-29)23-17-14-21(15-18-23)22-16-19-28-26(20-22)25-12-8-9-13-27(25)32(28)24-10-6-5-7-11-24;1-29(2)30(3,4)33-31(32-29)28-17-11-16-24(21-28)27-19-25(22-12-7-5-8-13-22)18-26(20-27)23-14-9-6-10-15-23;1-23(2)24(3,4)30-25(29-23)17-5-11-20(12-6-17)28(21-13-7-18(26)8-14-21)22-15-9-19(27)10-16-22;1-2-7-3-5-8(6-4-7)9(10)11;2-8-9(3)1-10(11(4)5)12(6)7/h5-20H,1-4H3;5-21H,1-4H3;5-16H,1-4H3;2-6,10-11H,1H2;8H,2-7H2. The minimum absolute atomic E-state index is 0.0862. The number of halogens is 2. The molecule has 28 heteroatoms. The van der Waals surface area contributed by atoms with Gasteiger partial charge in [0.2, 0.25) is 6.72 Å². The molecule has 3 saturated heterocycles. The summed E-state index contributed by atoms with van der Waals surface area (Å²) in [6.45, 7) is 31.3. The number of nitrogens with zero attached hydrogens (tertiary/aromatic N) is 2. The molecule has 3 aliphatic heterocycles. The zero-order valence-corrected chi connectivity index (χ0v) is 84.4. The molecule has 8 unspecified atom stereocenters. The van der Waals surface area contributed by atoms with E-state index in [4.69, 9.17) is 38.0 Å². The Balaban J connectivity index is 0.000000146. The van der Waals surface area contributed by atoms with E-state index in [0.717, 1.165) is 61.5 Å². The average molecular weight is 1920 g/mol. The van der Waals surface area contributed by atoms with Gasteiger partial charge in [-0.05, 0) is 278 Å². The van der Waals surface area contributed by atoms with E-state index >= 15 is 0 Å². The van der Waals surface area contributed by atoms with Crippen LogP contribution in [-0.4, -0.2) is 83.4 Å². The van der Waals surface area contributed by atoms with Crippen molar-refractivity contribution < 1.29 is 38.0 Å². The Morgan fingerprint density at radius 1 is 0.392 bits per heavy atom. The third-order valence-electron chi connectivity index (χ3n) is 22.5. The second-order valence-electron chi connectivity index (χ2n) is 32.3. The van der Waals surface area contributed by atoms with Crippen molar-refractivity contribution in [2.45, 2.75) is 117 Å². The molecule has 3 fully saturated rings. The van der Waals surface area contributed by atoms with Gasteiger partial charge in [0.1, 0.15) is 0 Å². The van der Waals surface area contributed by atoms with Gasteiger partial charge in [0.05, 0.1) is 44.6 Å². The minimum Gasteiger partial charge on any atom is -0.423 e. The number of hydrogen-bond acceptors (Lipinski definition) is 9. The Kier molecular flexibility index (Phi) is 32.9. The second-order valence-corrected chi connectivity index (χ2v) is 67.9. The highest BCUT2D eigenvalue weighted by atomic mass is 79.9. The van der Waals surface area contributed by atoms with Crippen LogP contribution >= 0.6 is 122 Å². The van der Waals surface area contributed by atoms with Crippen LogP contribution in [0.3, 0.4) is 0 Å². The summed E-state index contributed by atoms with van der Waals surface area (Å²) in [6.07, 6.45) is 1.70. The van der Waals surface area contributed by atoms with E-state index in [1.54, 1.807) is 30.3 Å². The number of fused-ring (bicyclic) bond motifs is 3. The summed E-state index contributed by atoms with van der Waals surface area (Å²) in [6, 6.07) is 103. The fraction of sp³-hybridized carbons (Fsp3) is 0.196. The molecule has 16 rings (SSSR count). The maximum atomic E-state index is 8.72. The first-order chi connectivity index (χ1) is 57.0. The molecular formula is C92H103B5Br2N2O8P11. The molecule has 0 spiro atoms. The molecule has 1 radical (unpaired) electrons. The molecule has 3 aliphatic rings. The molecule has 0 amide bonds. The molecule has 1 aromatic heterocycles. The van der Waals surface area contributed by atoms with Crippen molar-refractivity contribution in [3.63, 3.8) is 0 Å². The van der Waals surface area contributed by atoms with E-state index in [0.29, 0.717) is 5.46 Å². The van der Waals surface area contributed by atoms with E-state index in [9.17, 15) is 0 Å². The summed E-state index contributed by atoms with van der Waals surface area (Å²) < 4.78 is 41.9. The lowest BCUT2D eigenvalue weighted by Crippen LogP contribution is -2.41. The summed E-state index contributed by atoms with van der Waals surface area (Å²) >= 11 is 7.06. The fourth-order valence-corrected chi connectivity index (χ4v) is 64.1. The van der Waals surface area contributed by atoms with Crippen molar-refractivity contribution in [1.29, 1.82) is 0 Å². The molecule has 12 aromatic carbocycles. The van der Waals surface area contributed by atoms with Gasteiger partial charge in [-0.3, -0.25) is 0 Å². The van der Waals surface area contributed by atoms with Gasteiger partial charge in [-0.25, -0.2) is 0 Å². The Hall–Kier alpha value is -4.33. The predicted octanol–water partition coefficient (Wildman–Crippen LogP) is 26.3. The molecule has 0 saturated carbocycles. The lowest BCUT2D eigenvalue weighted by atomic mass is 9.78. The van der Waals surface area contributed by atoms with Gasteiger partial charge in [-0.15, -0.1) is 53.6 Å². The Labute approximate surface area is 750 Å². The Bertz CT molecular complexity index is 5430. The first-order valence-corrected chi connectivity index (χ1v) is 59.6. The smallest absolute Gasteiger partial charge is 0.423 e. The van der Waals surface area contributed by atoms with Gasteiger partial charge in [0, 0.05) is 42.5 Å². The van der Waals surface area contributed by atoms with Crippen LogP contribution in [0.15, 0.2) is 313 Å². The summed E-state index contributed by atoms with van der Waals surface area (Å²) in [7, 11) is 16.5. The maximum absolute atomic E-state index is 8.72. The molecule has 0 bridgehead atoms. The average Bonchev–Trinajstić information content (AvgIpc) is 1.60. The molecule has 13 aromatic rings. The number of benzene rings is 12. The zero-order valence-electron chi connectivity index (χ0n) is 69.7. The van der Waals surface area contributed by atoms with E-state index in [-0.39, 0.29) is 83.3 Å². The molecule has 0 aliphatic carbocycles. The van der Waals surface area contributed by atoms with Crippen molar-refractivity contribution in [3.05, 3.63) is 318 Å². The number of anilines is 3. The summed E-state index contributed by atoms with van der Waals surface area (Å²) in [4.78, 5) is 2.23. The number of aromatic nitrogens is 1. The van der Waals surface area contributed by atoms with Crippen LogP contribution in [0.1, 0.15) is 88.6 Å². The predicted molar refractivity (Wildman–Crippen MR) is 559 cm³/mol. The molecule has 4 heterocycles. The summed E-state index contributed by atoms with van der Waals surface area (Å²) in [5.41, 5.74) is 18.8. The van der Waals surface area contributed by atoms with Crippen LogP contribution in [0.4, 0.5) is 17.1 Å². The Morgan fingerprint density at radius 2 is 0.750 bits per heavy atom. The van der Waals surface area contributed by atoms with Crippen LogP contribution in [0, 0.1) is 0 Å². The minimum atomic E-state index is -1.38. The third-order valence-corrected chi connectivity index (χ3v) is 60.9. The molecule has 8 atom stereocenters. The zero-order chi connectivity index (χ0) is 86.1. The summed E-state index contributed by atoms with van der Waals surface area (Å²) in [5, 5.41) is 20.0. The van der Waals surface area contributed by atoms with Crippen LogP contribution in [0.5, 0.6) is 0 Å². The number of hydrogen-bond donors (Lipinski definition) is 2. The van der Waals surface area contributed by atoms with Crippen LogP contribution < -0.4 is 26.8 Å². The van der Waals surface area contributed by atoms with Gasteiger partial charge >= 0.3 is 28.5 Å². The van der Waals surface area contributed by atoms with E-state index in [2.05, 4.69) is 464 Å². The highest BCUT2D eigenvalue weighted by Gasteiger charge is 2.54. The van der Waals surface area contributed by atoms with Crippen molar-refractivity contribution in [3.8, 4) is 50.2 Å². The Morgan fingerprint density at radius 3 is 1.18 bits per heavy atom. The lowest BCUT2D eigenvalue weighted by molar-refractivity contribution is 0.00578. The van der Waals surface area contributed by atoms with Gasteiger partial charge in [0.25, 0.3) is 0 Å². The first kappa shape index (κ1) is 94.8. The van der Waals surface area contributed by atoms with Gasteiger partial charge in [-0.1, -0.05) is 255 Å². The molecule has 2 N–H and O–H groups in total. The van der Waals surface area contributed by atoms with Crippen LogP contribution in [-0.2, 0) is 27.9 Å². The van der Waals surface area contributed by atoms with Gasteiger partial charge in [0.15, 0.2) is 0 Å². The largest absolute Gasteiger partial charge is 0.494 e. The monoisotopic (exact) mass is 1920 g/mol. The van der Waals surface area contributed by atoms with Crippen LogP contribution in [0.2, 0.25) is 0 Å². The van der Waals surface area contributed by atoms with Crippen molar-refractivity contribution in [2.24, 2.45) is 0 Å². The second kappa shape index (κ2) is 41.6. The normalized spacial score (nSPS) is 16.1. The SMILES string of the molecule is C=Cc1ccc(B(O)O)cc1.CC1(C)OB(c2ccc(-c3ccc4c(c3)c3ccccc3n4-c3ccccc3)cc2)OC1(C)C.CC1(C)OB(c2ccc(N(c3ccc(Br)cc3)c3ccc(Br)cc3)cc2)OC1(C)C.CC1(C)OB(c2cccc(-c3cc(-c4ccccc4)cc(-c4ccccc4)c3)c2)OC1(C)C.PPP(P)[B]P(P(P)P)P(P)P. The quantitative estimate of drug-likeness (QED) is 0.0642. The fourth-order valence-electron chi connectivity index (χ4n) is 13.6. The number of rotatable bonds is 18.